The van der Waals surface area contributed by atoms with Crippen molar-refractivity contribution >= 4 is 11.6 Å². The number of halogens is 1. The predicted molar refractivity (Wildman–Crippen MR) is 113 cm³/mol. The van der Waals surface area contributed by atoms with Crippen molar-refractivity contribution in [3.05, 3.63) is 70.7 Å². The minimum absolute atomic E-state index is 0.234. The minimum atomic E-state index is -0.234. The molecule has 0 atom stereocenters. The van der Waals surface area contributed by atoms with Crippen LogP contribution >= 0.6 is 0 Å². The van der Waals surface area contributed by atoms with E-state index in [0.29, 0.717) is 24.7 Å². The van der Waals surface area contributed by atoms with Crippen LogP contribution in [0.25, 0.3) is 16.8 Å². The van der Waals surface area contributed by atoms with E-state index in [1.165, 1.54) is 6.07 Å². The van der Waals surface area contributed by atoms with Crippen LogP contribution in [0.3, 0.4) is 0 Å². The van der Waals surface area contributed by atoms with E-state index in [1.807, 2.05) is 37.4 Å². The molecule has 0 radical (unpaired) electrons. The SMILES string of the molecule is Cc1ccc(-c2cnc(NCc3c(F)ccc4c3CCO4)n3cc(C)nc23)c(C)n1. The van der Waals surface area contributed by atoms with Crippen LogP contribution in [0.5, 0.6) is 5.75 Å². The van der Waals surface area contributed by atoms with Gasteiger partial charge in [-0.05, 0) is 39.0 Å². The van der Waals surface area contributed by atoms with E-state index in [-0.39, 0.29) is 5.82 Å². The van der Waals surface area contributed by atoms with Gasteiger partial charge in [0.15, 0.2) is 0 Å². The Labute approximate surface area is 173 Å². The Hall–Kier alpha value is -3.48. The lowest BCUT2D eigenvalue weighted by Gasteiger charge is -2.13. The summed E-state index contributed by atoms with van der Waals surface area (Å²) in [5.41, 5.74) is 7.05. The van der Waals surface area contributed by atoms with Crippen molar-refractivity contribution in [1.29, 1.82) is 0 Å². The molecule has 1 aromatic carbocycles. The number of aromatic nitrogens is 4. The van der Waals surface area contributed by atoms with E-state index in [2.05, 4.69) is 21.4 Å². The van der Waals surface area contributed by atoms with E-state index in [9.17, 15) is 4.39 Å². The molecule has 0 unspecified atom stereocenters. The Kier molecular flexibility index (Phi) is 4.38. The Bertz CT molecular complexity index is 1280. The standard InChI is InChI=1S/C23H22FN5O/c1-13-4-5-16(15(3)27-13)19-11-26-23(29-12-14(2)28-22(19)29)25-10-18-17-8-9-30-21(17)7-6-20(18)24/h4-7,11-12H,8-10H2,1-3H3,(H,25,26). The van der Waals surface area contributed by atoms with Gasteiger partial charge in [0.2, 0.25) is 5.95 Å². The number of nitrogens with zero attached hydrogens (tertiary/aromatic N) is 4. The van der Waals surface area contributed by atoms with E-state index >= 15 is 0 Å². The summed E-state index contributed by atoms with van der Waals surface area (Å²) in [5, 5.41) is 3.29. The average molecular weight is 403 g/mol. The highest BCUT2D eigenvalue weighted by Crippen LogP contribution is 2.31. The van der Waals surface area contributed by atoms with Gasteiger partial charge in [0.25, 0.3) is 0 Å². The molecule has 0 saturated heterocycles. The number of hydrogen-bond acceptors (Lipinski definition) is 5. The summed E-state index contributed by atoms with van der Waals surface area (Å²) in [5.74, 6) is 1.15. The summed E-state index contributed by atoms with van der Waals surface area (Å²) >= 11 is 0. The van der Waals surface area contributed by atoms with Crippen molar-refractivity contribution in [3.63, 3.8) is 0 Å². The Balaban J connectivity index is 1.54. The largest absolute Gasteiger partial charge is 0.493 e. The molecule has 6 nitrogen and oxygen atoms in total. The van der Waals surface area contributed by atoms with Gasteiger partial charge in [0, 0.05) is 59.0 Å². The molecule has 1 aliphatic rings. The van der Waals surface area contributed by atoms with Gasteiger partial charge in [-0.1, -0.05) is 6.07 Å². The maximum atomic E-state index is 14.5. The Morgan fingerprint density at radius 1 is 1.07 bits per heavy atom. The number of fused-ring (bicyclic) bond motifs is 2. The van der Waals surface area contributed by atoms with Gasteiger partial charge in [-0.25, -0.2) is 14.4 Å². The van der Waals surface area contributed by atoms with Gasteiger partial charge in [-0.2, -0.15) is 0 Å². The number of anilines is 1. The number of aryl methyl sites for hydroxylation is 3. The van der Waals surface area contributed by atoms with Gasteiger partial charge in [-0.15, -0.1) is 0 Å². The third-order valence-corrected chi connectivity index (χ3v) is 5.49. The highest BCUT2D eigenvalue weighted by atomic mass is 19.1. The third kappa shape index (κ3) is 3.07. The molecule has 3 aromatic heterocycles. The lowest BCUT2D eigenvalue weighted by atomic mass is 10.0. The average Bonchev–Trinajstić information content (AvgIpc) is 3.34. The highest BCUT2D eigenvalue weighted by Gasteiger charge is 2.20. The summed E-state index contributed by atoms with van der Waals surface area (Å²) in [6, 6.07) is 7.20. The second-order valence-corrected chi connectivity index (χ2v) is 7.61. The fourth-order valence-electron chi connectivity index (χ4n) is 4.06. The van der Waals surface area contributed by atoms with Gasteiger partial charge in [0.05, 0.1) is 12.3 Å². The van der Waals surface area contributed by atoms with Crippen molar-refractivity contribution < 1.29 is 9.13 Å². The van der Waals surface area contributed by atoms with Crippen molar-refractivity contribution in [2.45, 2.75) is 33.7 Å². The second kappa shape index (κ2) is 7.09. The molecule has 0 fully saturated rings. The summed E-state index contributed by atoms with van der Waals surface area (Å²) in [7, 11) is 0. The molecule has 0 aliphatic carbocycles. The van der Waals surface area contributed by atoms with Crippen LogP contribution < -0.4 is 10.1 Å². The molecule has 152 valence electrons. The molecule has 4 heterocycles. The molecule has 1 aliphatic heterocycles. The summed E-state index contributed by atoms with van der Waals surface area (Å²) < 4.78 is 22.0. The molecule has 0 bridgehead atoms. The number of nitrogens with one attached hydrogen (secondary N) is 1. The molecular formula is C23H22FN5O. The quantitative estimate of drug-likeness (QED) is 0.547. The second-order valence-electron chi connectivity index (χ2n) is 7.61. The molecule has 30 heavy (non-hydrogen) atoms. The van der Waals surface area contributed by atoms with Crippen molar-refractivity contribution in [1.82, 2.24) is 19.4 Å². The zero-order valence-corrected chi connectivity index (χ0v) is 17.2. The number of rotatable bonds is 4. The molecule has 7 heteroatoms. The molecule has 0 spiro atoms. The Morgan fingerprint density at radius 3 is 2.77 bits per heavy atom. The molecule has 0 amide bonds. The lowest BCUT2D eigenvalue weighted by molar-refractivity contribution is 0.356. The normalized spacial score (nSPS) is 12.8. The maximum absolute atomic E-state index is 14.5. The van der Waals surface area contributed by atoms with E-state index in [1.54, 1.807) is 12.3 Å². The first-order valence-corrected chi connectivity index (χ1v) is 9.97. The van der Waals surface area contributed by atoms with Crippen LogP contribution in [-0.2, 0) is 13.0 Å². The smallest absolute Gasteiger partial charge is 0.208 e. The zero-order valence-electron chi connectivity index (χ0n) is 17.2. The zero-order chi connectivity index (χ0) is 20.8. The predicted octanol–water partition coefficient (Wildman–Crippen LogP) is 4.40. The molecule has 1 N–H and O–H groups in total. The van der Waals surface area contributed by atoms with Crippen LogP contribution in [-0.4, -0.2) is 26.0 Å². The summed E-state index contributed by atoms with van der Waals surface area (Å²) in [4.78, 5) is 13.9. The first-order chi connectivity index (χ1) is 14.5. The van der Waals surface area contributed by atoms with Gasteiger partial charge >= 0.3 is 0 Å². The van der Waals surface area contributed by atoms with E-state index in [4.69, 9.17) is 9.72 Å². The monoisotopic (exact) mass is 403 g/mol. The van der Waals surface area contributed by atoms with Crippen LogP contribution in [0.2, 0.25) is 0 Å². The first kappa shape index (κ1) is 18.5. The molecule has 5 rings (SSSR count). The molecular weight excluding hydrogens is 381 g/mol. The van der Waals surface area contributed by atoms with Crippen LogP contribution in [0, 0.1) is 26.6 Å². The molecule has 4 aromatic rings. The van der Waals surface area contributed by atoms with Gasteiger partial charge in [0.1, 0.15) is 17.2 Å². The fraction of sp³-hybridized carbons (Fsp3) is 0.261. The third-order valence-electron chi connectivity index (χ3n) is 5.49. The van der Waals surface area contributed by atoms with Crippen LogP contribution in [0.15, 0.2) is 36.7 Å². The number of benzene rings is 1. The molecule has 0 saturated carbocycles. The number of pyridine rings is 1. The number of imidazole rings is 1. The van der Waals surface area contributed by atoms with Crippen LogP contribution in [0.1, 0.15) is 28.2 Å². The van der Waals surface area contributed by atoms with Crippen molar-refractivity contribution in [2.75, 3.05) is 11.9 Å². The summed E-state index contributed by atoms with van der Waals surface area (Å²) in [6.45, 7) is 6.82. The van der Waals surface area contributed by atoms with Gasteiger partial charge in [-0.3, -0.25) is 9.38 Å². The number of hydrogen-bond donors (Lipinski definition) is 1. The maximum Gasteiger partial charge on any atom is 0.208 e. The fourth-order valence-corrected chi connectivity index (χ4v) is 4.06. The van der Waals surface area contributed by atoms with E-state index in [0.717, 1.165) is 51.6 Å². The summed E-state index contributed by atoms with van der Waals surface area (Å²) in [6.07, 6.45) is 4.45. The first-order valence-electron chi connectivity index (χ1n) is 9.97. The Morgan fingerprint density at radius 2 is 1.93 bits per heavy atom. The minimum Gasteiger partial charge on any atom is -0.493 e. The van der Waals surface area contributed by atoms with Gasteiger partial charge < -0.3 is 10.1 Å². The van der Waals surface area contributed by atoms with Crippen LogP contribution in [0.4, 0.5) is 10.3 Å². The van der Waals surface area contributed by atoms with E-state index < -0.39 is 0 Å². The highest BCUT2D eigenvalue weighted by molar-refractivity contribution is 5.79. The van der Waals surface area contributed by atoms with Crippen molar-refractivity contribution in [3.8, 4) is 16.9 Å². The topological polar surface area (TPSA) is 64.3 Å². The lowest BCUT2D eigenvalue weighted by Crippen LogP contribution is -2.10. The van der Waals surface area contributed by atoms with Crippen molar-refractivity contribution in [2.24, 2.45) is 0 Å². The number of ether oxygens (including phenoxy) is 1.